The first-order valence-electron chi connectivity index (χ1n) is 6.96. The van der Waals surface area contributed by atoms with Gasteiger partial charge in [0.05, 0.1) is 0 Å². The fourth-order valence-electron chi connectivity index (χ4n) is 2.93. The van der Waals surface area contributed by atoms with Crippen molar-refractivity contribution in [3.63, 3.8) is 0 Å². The van der Waals surface area contributed by atoms with Gasteiger partial charge in [0, 0.05) is 6.04 Å². The second-order valence-corrected chi connectivity index (χ2v) is 4.91. The molecule has 0 fully saturated rings. The molecule has 0 aromatic heterocycles. The fraction of sp³-hybridized carbons (Fsp3) is 0.412. The van der Waals surface area contributed by atoms with E-state index in [1.54, 1.807) is 0 Å². The maximum absolute atomic E-state index is 3.51. The van der Waals surface area contributed by atoms with Gasteiger partial charge >= 0.3 is 0 Å². The van der Waals surface area contributed by atoms with E-state index >= 15 is 0 Å². The Labute approximate surface area is 110 Å². The Morgan fingerprint density at radius 3 is 2.28 bits per heavy atom. The minimum Gasteiger partial charge on any atom is -0.313 e. The number of nitrogens with one attached hydrogen (secondary N) is 1. The third-order valence-electron chi connectivity index (χ3n) is 3.99. The van der Waals surface area contributed by atoms with Crippen molar-refractivity contribution in [1.82, 2.24) is 5.32 Å². The molecule has 0 aliphatic carbocycles. The Bertz CT molecular complexity index is 494. The first-order chi connectivity index (χ1) is 8.81. The Balaban J connectivity index is 2.51. The lowest BCUT2D eigenvalue weighted by Gasteiger charge is -2.26. The topological polar surface area (TPSA) is 12.0 Å². The number of fused-ring (bicyclic) bond motifs is 1. The summed E-state index contributed by atoms with van der Waals surface area (Å²) in [6.45, 7) is 4.56. The summed E-state index contributed by atoms with van der Waals surface area (Å²) in [5, 5.41) is 6.23. The van der Waals surface area contributed by atoms with Crippen LogP contribution in [0.5, 0.6) is 0 Å². The molecule has 0 saturated carbocycles. The van der Waals surface area contributed by atoms with Crippen molar-refractivity contribution in [2.24, 2.45) is 5.92 Å². The third-order valence-corrected chi connectivity index (χ3v) is 3.99. The maximum Gasteiger partial charge on any atom is 0.0352 e. The van der Waals surface area contributed by atoms with Gasteiger partial charge in [0.15, 0.2) is 0 Å². The van der Waals surface area contributed by atoms with Crippen molar-refractivity contribution in [3.8, 4) is 0 Å². The van der Waals surface area contributed by atoms with Crippen molar-refractivity contribution in [1.29, 1.82) is 0 Å². The number of benzene rings is 2. The highest BCUT2D eigenvalue weighted by molar-refractivity contribution is 5.86. The molecule has 1 N–H and O–H groups in total. The quantitative estimate of drug-likeness (QED) is 0.810. The van der Waals surface area contributed by atoms with Gasteiger partial charge in [0.2, 0.25) is 0 Å². The van der Waals surface area contributed by atoms with Crippen LogP contribution in [0.4, 0.5) is 0 Å². The Morgan fingerprint density at radius 2 is 1.61 bits per heavy atom. The summed E-state index contributed by atoms with van der Waals surface area (Å²) in [4.78, 5) is 0. The highest BCUT2D eigenvalue weighted by Crippen LogP contribution is 2.31. The molecule has 2 aromatic carbocycles. The van der Waals surface area contributed by atoms with Gasteiger partial charge in [-0.05, 0) is 29.3 Å². The van der Waals surface area contributed by atoms with Gasteiger partial charge in [-0.1, -0.05) is 69.2 Å². The van der Waals surface area contributed by atoms with E-state index in [9.17, 15) is 0 Å². The smallest absolute Gasteiger partial charge is 0.0352 e. The van der Waals surface area contributed by atoms with E-state index in [1.165, 1.54) is 29.2 Å². The van der Waals surface area contributed by atoms with Crippen LogP contribution in [0, 0.1) is 5.92 Å². The second kappa shape index (κ2) is 6.01. The van der Waals surface area contributed by atoms with Crippen molar-refractivity contribution < 1.29 is 0 Å². The van der Waals surface area contributed by atoms with E-state index in [1.807, 2.05) is 0 Å². The van der Waals surface area contributed by atoms with Crippen LogP contribution in [-0.4, -0.2) is 7.05 Å². The van der Waals surface area contributed by atoms with Crippen LogP contribution in [0.15, 0.2) is 42.5 Å². The molecule has 0 saturated heterocycles. The summed E-state index contributed by atoms with van der Waals surface area (Å²) in [6, 6.07) is 15.7. The van der Waals surface area contributed by atoms with E-state index in [4.69, 9.17) is 0 Å². The number of hydrogen-bond donors (Lipinski definition) is 1. The summed E-state index contributed by atoms with van der Waals surface area (Å²) in [5.74, 6) is 0.695. The van der Waals surface area contributed by atoms with Gasteiger partial charge in [0.1, 0.15) is 0 Å². The largest absolute Gasteiger partial charge is 0.313 e. The first kappa shape index (κ1) is 13.1. The monoisotopic (exact) mass is 241 g/mol. The molecule has 2 aromatic rings. The normalized spacial score (nSPS) is 13.1. The lowest BCUT2D eigenvalue weighted by molar-refractivity contribution is 0.361. The highest BCUT2D eigenvalue weighted by atomic mass is 14.9. The molecule has 1 nitrogen and oxygen atoms in total. The number of rotatable bonds is 5. The van der Waals surface area contributed by atoms with Crippen molar-refractivity contribution >= 4 is 10.8 Å². The fourth-order valence-corrected chi connectivity index (χ4v) is 2.93. The molecule has 96 valence electrons. The van der Waals surface area contributed by atoms with Crippen LogP contribution in [0.2, 0.25) is 0 Å². The molecule has 0 bridgehead atoms. The molecule has 1 atom stereocenters. The van der Waals surface area contributed by atoms with Gasteiger partial charge in [0.25, 0.3) is 0 Å². The predicted molar refractivity (Wildman–Crippen MR) is 79.8 cm³/mol. The average Bonchev–Trinajstić information content (AvgIpc) is 2.44. The van der Waals surface area contributed by atoms with Gasteiger partial charge in [-0.3, -0.25) is 0 Å². The molecule has 1 heteroatoms. The van der Waals surface area contributed by atoms with Gasteiger partial charge in [-0.25, -0.2) is 0 Å². The molecule has 0 aliphatic heterocycles. The molecule has 0 aliphatic rings. The van der Waals surface area contributed by atoms with E-state index in [2.05, 4.69) is 68.7 Å². The summed E-state index contributed by atoms with van der Waals surface area (Å²) < 4.78 is 0. The minimum absolute atomic E-state index is 0.450. The van der Waals surface area contributed by atoms with Crippen molar-refractivity contribution in [2.75, 3.05) is 7.05 Å². The molecular weight excluding hydrogens is 218 g/mol. The lowest BCUT2D eigenvalue weighted by Crippen LogP contribution is -2.24. The molecule has 1 unspecified atom stereocenters. The van der Waals surface area contributed by atoms with Crippen LogP contribution < -0.4 is 5.32 Å². The summed E-state index contributed by atoms with van der Waals surface area (Å²) in [6.07, 6.45) is 2.43. The van der Waals surface area contributed by atoms with E-state index < -0.39 is 0 Å². The van der Waals surface area contributed by atoms with Gasteiger partial charge in [-0.15, -0.1) is 0 Å². The molecular formula is C17H23N. The van der Waals surface area contributed by atoms with E-state index in [0.29, 0.717) is 12.0 Å². The molecule has 2 rings (SSSR count). The molecule has 18 heavy (non-hydrogen) atoms. The summed E-state index contributed by atoms with van der Waals surface area (Å²) >= 11 is 0. The van der Waals surface area contributed by atoms with Gasteiger partial charge in [-0.2, -0.15) is 0 Å². The van der Waals surface area contributed by atoms with Gasteiger partial charge < -0.3 is 5.32 Å². The average molecular weight is 241 g/mol. The maximum atomic E-state index is 3.51. The third kappa shape index (κ3) is 2.41. The van der Waals surface area contributed by atoms with Crippen LogP contribution in [0.25, 0.3) is 10.8 Å². The predicted octanol–water partition coefficient (Wildman–Crippen LogP) is 4.54. The number of hydrogen-bond acceptors (Lipinski definition) is 1. The molecule has 0 heterocycles. The van der Waals surface area contributed by atoms with Crippen molar-refractivity contribution in [2.45, 2.75) is 32.7 Å². The second-order valence-electron chi connectivity index (χ2n) is 4.91. The molecule has 0 spiro atoms. The van der Waals surface area contributed by atoms with Crippen LogP contribution in [-0.2, 0) is 0 Å². The first-order valence-corrected chi connectivity index (χ1v) is 6.96. The minimum atomic E-state index is 0.450. The van der Waals surface area contributed by atoms with Crippen LogP contribution in [0.1, 0.15) is 38.3 Å². The summed E-state index contributed by atoms with van der Waals surface area (Å²) in [5.41, 5.74) is 1.43. The zero-order valence-electron chi connectivity index (χ0n) is 11.6. The highest BCUT2D eigenvalue weighted by Gasteiger charge is 2.20. The summed E-state index contributed by atoms with van der Waals surface area (Å²) in [7, 11) is 2.07. The standard InChI is InChI=1S/C17H23N/c1-4-13(5-2)17(18-3)16-12-8-10-14-9-6-7-11-15(14)16/h6-13,17-18H,4-5H2,1-3H3. The van der Waals surface area contributed by atoms with Crippen LogP contribution in [0.3, 0.4) is 0 Å². The molecule has 0 amide bonds. The lowest BCUT2D eigenvalue weighted by atomic mass is 9.86. The Hall–Kier alpha value is -1.34. The SMILES string of the molecule is CCC(CC)C(NC)c1cccc2ccccc12. The van der Waals surface area contributed by atoms with Crippen LogP contribution >= 0.6 is 0 Å². The molecule has 0 radical (unpaired) electrons. The Kier molecular flexibility index (Phi) is 4.38. The zero-order valence-corrected chi connectivity index (χ0v) is 11.6. The van der Waals surface area contributed by atoms with Crippen molar-refractivity contribution in [3.05, 3.63) is 48.0 Å². The zero-order chi connectivity index (χ0) is 13.0. The van der Waals surface area contributed by atoms with E-state index in [0.717, 1.165) is 0 Å². The van der Waals surface area contributed by atoms with E-state index in [-0.39, 0.29) is 0 Å². The Morgan fingerprint density at radius 1 is 0.944 bits per heavy atom.